The standard InChI is InChI=1S/C24H26N2O3/c1-3-17(15-26-23(28)20-10-6-7-11-21(20)24(26)29)16(2)12-22(27)25-13-18-8-4-5-9-19(18)14-25/h4-11,16-17H,3,12-15H2,1-2H3. The summed E-state index contributed by atoms with van der Waals surface area (Å²) in [5.41, 5.74) is 3.38. The van der Waals surface area contributed by atoms with Crippen LogP contribution in [0, 0.1) is 11.8 Å². The molecule has 0 spiro atoms. The third-order valence-corrected chi connectivity index (χ3v) is 6.31. The maximum absolute atomic E-state index is 12.9. The van der Waals surface area contributed by atoms with Gasteiger partial charge in [0.25, 0.3) is 11.8 Å². The number of hydrogen-bond donors (Lipinski definition) is 0. The molecule has 0 aliphatic carbocycles. The molecule has 5 nitrogen and oxygen atoms in total. The molecule has 0 saturated heterocycles. The molecule has 0 aromatic heterocycles. The monoisotopic (exact) mass is 390 g/mol. The van der Waals surface area contributed by atoms with Gasteiger partial charge in [0.1, 0.15) is 0 Å². The number of fused-ring (bicyclic) bond motifs is 2. The van der Waals surface area contributed by atoms with Gasteiger partial charge in [0.05, 0.1) is 11.1 Å². The first-order valence-electron chi connectivity index (χ1n) is 10.3. The number of carbonyl (C=O) groups excluding carboxylic acids is 3. The van der Waals surface area contributed by atoms with Crippen molar-refractivity contribution in [2.75, 3.05) is 6.54 Å². The average Bonchev–Trinajstić information content (AvgIpc) is 3.27. The Labute approximate surface area is 171 Å². The fourth-order valence-corrected chi connectivity index (χ4v) is 4.43. The zero-order chi connectivity index (χ0) is 20.5. The summed E-state index contributed by atoms with van der Waals surface area (Å²) < 4.78 is 0. The van der Waals surface area contributed by atoms with E-state index in [1.807, 2.05) is 24.0 Å². The number of hydrogen-bond acceptors (Lipinski definition) is 3. The smallest absolute Gasteiger partial charge is 0.261 e. The molecule has 2 aromatic carbocycles. The van der Waals surface area contributed by atoms with Crippen LogP contribution in [-0.4, -0.2) is 34.1 Å². The fourth-order valence-electron chi connectivity index (χ4n) is 4.43. The molecule has 0 bridgehead atoms. The van der Waals surface area contributed by atoms with Crippen LogP contribution in [0.2, 0.25) is 0 Å². The number of imide groups is 1. The second kappa shape index (κ2) is 7.82. The summed E-state index contributed by atoms with van der Waals surface area (Å²) in [6, 6.07) is 15.1. The van der Waals surface area contributed by atoms with Crippen LogP contribution in [0.4, 0.5) is 0 Å². The predicted molar refractivity (Wildman–Crippen MR) is 110 cm³/mol. The third-order valence-electron chi connectivity index (χ3n) is 6.31. The molecule has 2 unspecified atom stereocenters. The van der Waals surface area contributed by atoms with Gasteiger partial charge >= 0.3 is 0 Å². The van der Waals surface area contributed by atoms with Crippen LogP contribution < -0.4 is 0 Å². The van der Waals surface area contributed by atoms with Gasteiger partial charge in [0.15, 0.2) is 0 Å². The SMILES string of the molecule is CCC(CN1C(=O)c2ccccc2C1=O)C(C)CC(=O)N1Cc2ccccc2C1. The van der Waals surface area contributed by atoms with Gasteiger partial charge in [0, 0.05) is 26.1 Å². The second-order valence-electron chi connectivity index (χ2n) is 8.13. The van der Waals surface area contributed by atoms with Gasteiger partial charge in [-0.15, -0.1) is 0 Å². The third kappa shape index (κ3) is 3.57. The summed E-state index contributed by atoms with van der Waals surface area (Å²) in [4.78, 5) is 41.5. The number of rotatable bonds is 6. The van der Waals surface area contributed by atoms with Gasteiger partial charge in [0.2, 0.25) is 5.91 Å². The van der Waals surface area contributed by atoms with Crippen LogP contribution in [-0.2, 0) is 17.9 Å². The molecule has 150 valence electrons. The highest BCUT2D eigenvalue weighted by molar-refractivity contribution is 6.21. The average molecular weight is 390 g/mol. The maximum atomic E-state index is 12.9. The van der Waals surface area contributed by atoms with E-state index in [0.717, 1.165) is 6.42 Å². The van der Waals surface area contributed by atoms with Crippen molar-refractivity contribution in [1.82, 2.24) is 9.80 Å². The quantitative estimate of drug-likeness (QED) is 0.704. The zero-order valence-corrected chi connectivity index (χ0v) is 16.9. The molecule has 2 atom stereocenters. The number of benzene rings is 2. The topological polar surface area (TPSA) is 57.7 Å². The summed E-state index contributed by atoms with van der Waals surface area (Å²) in [6.45, 7) is 5.79. The Morgan fingerprint density at radius 3 is 1.97 bits per heavy atom. The van der Waals surface area contributed by atoms with E-state index in [9.17, 15) is 14.4 Å². The highest BCUT2D eigenvalue weighted by Gasteiger charge is 2.37. The summed E-state index contributed by atoms with van der Waals surface area (Å²) >= 11 is 0. The van der Waals surface area contributed by atoms with Gasteiger partial charge in [-0.1, -0.05) is 56.7 Å². The molecule has 2 aliphatic rings. The molecule has 0 fully saturated rings. The van der Waals surface area contributed by atoms with Crippen molar-refractivity contribution in [3.05, 3.63) is 70.8 Å². The lowest BCUT2D eigenvalue weighted by Gasteiger charge is -2.27. The van der Waals surface area contributed by atoms with Crippen LogP contribution in [0.5, 0.6) is 0 Å². The van der Waals surface area contributed by atoms with Crippen molar-refractivity contribution in [2.24, 2.45) is 11.8 Å². The van der Waals surface area contributed by atoms with E-state index in [0.29, 0.717) is 37.2 Å². The minimum Gasteiger partial charge on any atom is -0.334 e. The molecular formula is C24H26N2O3. The van der Waals surface area contributed by atoms with Crippen molar-refractivity contribution in [3.63, 3.8) is 0 Å². The molecule has 3 amide bonds. The van der Waals surface area contributed by atoms with Gasteiger partial charge in [-0.05, 0) is 35.1 Å². The fraction of sp³-hybridized carbons (Fsp3) is 0.375. The normalized spacial score (nSPS) is 17.3. The van der Waals surface area contributed by atoms with Crippen molar-refractivity contribution in [1.29, 1.82) is 0 Å². The zero-order valence-electron chi connectivity index (χ0n) is 16.9. The summed E-state index contributed by atoms with van der Waals surface area (Å²) in [7, 11) is 0. The first kappa shape index (κ1) is 19.4. The minimum absolute atomic E-state index is 0.0838. The Kier molecular flexibility index (Phi) is 5.22. The summed E-state index contributed by atoms with van der Waals surface area (Å²) in [5.74, 6) is -0.142. The van der Waals surface area contributed by atoms with Gasteiger partial charge in [-0.25, -0.2) is 0 Å². The number of nitrogens with zero attached hydrogens (tertiary/aromatic N) is 2. The van der Waals surface area contributed by atoms with Crippen molar-refractivity contribution < 1.29 is 14.4 Å². The van der Waals surface area contributed by atoms with E-state index < -0.39 is 0 Å². The molecule has 0 radical (unpaired) electrons. The number of amides is 3. The van der Waals surface area contributed by atoms with E-state index in [-0.39, 0.29) is 29.6 Å². The van der Waals surface area contributed by atoms with Crippen LogP contribution >= 0.6 is 0 Å². The molecule has 0 saturated carbocycles. The number of carbonyl (C=O) groups is 3. The molecule has 2 aliphatic heterocycles. The maximum Gasteiger partial charge on any atom is 0.261 e. The van der Waals surface area contributed by atoms with Crippen molar-refractivity contribution >= 4 is 17.7 Å². The Morgan fingerprint density at radius 2 is 1.45 bits per heavy atom. The Balaban J connectivity index is 1.39. The molecule has 4 rings (SSSR count). The highest BCUT2D eigenvalue weighted by Crippen LogP contribution is 2.29. The van der Waals surface area contributed by atoms with Gasteiger partial charge in [-0.3, -0.25) is 19.3 Å². The molecular weight excluding hydrogens is 364 g/mol. The molecule has 0 N–H and O–H groups in total. The van der Waals surface area contributed by atoms with Crippen LogP contribution in [0.1, 0.15) is 58.5 Å². The Hall–Kier alpha value is -2.95. The van der Waals surface area contributed by atoms with Gasteiger partial charge < -0.3 is 4.90 Å². The van der Waals surface area contributed by atoms with E-state index in [1.54, 1.807) is 24.3 Å². The van der Waals surface area contributed by atoms with E-state index >= 15 is 0 Å². The summed E-state index contributed by atoms with van der Waals surface area (Å²) in [6.07, 6.45) is 1.23. The van der Waals surface area contributed by atoms with E-state index in [4.69, 9.17) is 0 Å². The molecule has 2 heterocycles. The Bertz CT molecular complexity index is 908. The molecule has 2 aromatic rings. The lowest BCUT2D eigenvalue weighted by atomic mass is 9.88. The van der Waals surface area contributed by atoms with Crippen LogP contribution in [0.15, 0.2) is 48.5 Å². The van der Waals surface area contributed by atoms with Crippen LogP contribution in [0.25, 0.3) is 0 Å². The second-order valence-corrected chi connectivity index (χ2v) is 8.13. The largest absolute Gasteiger partial charge is 0.334 e. The van der Waals surface area contributed by atoms with E-state index in [2.05, 4.69) is 19.1 Å². The highest BCUT2D eigenvalue weighted by atomic mass is 16.2. The first-order chi connectivity index (χ1) is 14.0. The lowest BCUT2D eigenvalue weighted by molar-refractivity contribution is -0.133. The van der Waals surface area contributed by atoms with Gasteiger partial charge in [-0.2, -0.15) is 0 Å². The predicted octanol–water partition coefficient (Wildman–Crippen LogP) is 3.88. The van der Waals surface area contributed by atoms with E-state index in [1.165, 1.54) is 16.0 Å². The van der Waals surface area contributed by atoms with Crippen molar-refractivity contribution in [3.8, 4) is 0 Å². The molecule has 29 heavy (non-hydrogen) atoms. The summed E-state index contributed by atoms with van der Waals surface area (Å²) in [5, 5.41) is 0. The Morgan fingerprint density at radius 1 is 0.931 bits per heavy atom. The lowest BCUT2D eigenvalue weighted by Crippen LogP contribution is -2.37. The van der Waals surface area contributed by atoms with Crippen molar-refractivity contribution in [2.45, 2.75) is 39.8 Å². The van der Waals surface area contributed by atoms with Crippen LogP contribution in [0.3, 0.4) is 0 Å². The molecule has 5 heteroatoms. The minimum atomic E-state index is -0.224. The first-order valence-corrected chi connectivity index (χ1v) is 10.3.